The van der Waals surface area contributed by atoms with Gasteiger partial charge in [-0.25, -0.2) is 8.42 Å². The molecule has 2 aromatic carbocycles. The molecule has 0 unspecified atom stereocenters. The van der Waals surface area contributed by atoms with E-state index >= 15 is 0 Å². The van der Waals surface area contributed by atoms with Gasteiger partial charge in [-0.3, -0.25) is 9.78 Å². The second kappa shape index (κ2) is 7.88. The smallest absolute Gasteiger partial charge is 0.191 e. The van der Waals surface area contributed by atoms with Crippen LogP contribution in [0.5, 0.6) is 5.75 Å². The van der Waals surface area contributed by atoms with E-state index in [9.17, 15) is 13.2 Å². The van der Waals surface area contributed by atoms with Crippen molar-refractivity contribution in [3.63, 3.8) is 0 Å². The van der Waals surface area contributed by atoms with E-state index in [1.165, 1.54) is 6.07 Å². The number of aryl methyl sites for hydroxylation is 2. The number of Topliss-reactive ketones (excluding diaryl/α,β-unsaturated/α-hetero) is 1. The Morgan fingerprint density at radius 2 is 1.73 bits per heavy atom. The van der Waals surface area contributed by atoms with Gasteiger partial charge in [-0.05, 0) is 73.0 Å². The van der Waals surface area contributed by atoms with Crippen molar-refractivity contribution in [2.75, 3.05) is 5.75 Å². The van der Waals surface area contributed by atoms with Gasteiger partial charge in [0.05, 0.1) is 16.3 Å². The average molecular weight is 420 g/mol. The summed E-state index contributed by atoms with van der Waals surface area (Å²) < 4.78 is 31.2. The number of ketones is 1. The van der Waals surface area contributed by atoms with Crippen LogP contribution in [0.4, 0.5) is 0 Å². The van der Waals surface area contributed by atoms with Crippen LogP contribution in [0.1, 0.15) is 32.7 Å². The summed E-state index contributed by atoms with van der Waals surface area (Å²) in [5.74, 6) is 0.223. The maximum atomic E-state index is 12.8. The Bertz CT molecular complexity index is 1240. The molecule has 0 bridgehead atoms. The van der Waals surface area contributed by atoms with Gasteiger partial charge in [0.2, 0.25) is 0 Å². The van der Waals surface area contributed by atoms with Crippen LogP contribution in [-0.4, -0.2) is 24.9 Å². The Morgan fingerprint density at radius 1 is 1.03 bits per heavy atom. The van der Waals surface area contributed by atoms with E-state index in [0.717, 1.165) is 28.1 Å². The molecule has 1 aromatic heterocycles. The van der Waals surface area contributed by atoms with E-state index in [1.807, 2.05) is 44.2 Å². The molecular formula is C24H21NO4S. The minimum Gasteiger partial charge on any atom is -0.487 e. The fourth-order valence-corrected chi connectivity index (χ4v) is 5.24. The van der Waals surface area contributed by atoms with Gasteiger partial charge in [-0.1, -0.05) is 18.2 Å². The maximum Gasteiger partial charge on any atom is 0.191 e. The summed E-state index contributed by atoms with van der Waals surface area (Å²) in [5.41, 5.74) is 3.93. The van der Waals surface area contributed by atoms with Gasteiger partial charge < -0.3 is 4.74 Å². The van der Waals surface area contributed by atoms with Crippen molar-refractivity contribution in [1.82, 2.24) is 4.98 Å². The molecule has 3 aromatic rings. The third-order valence-corrected chi connectivity index (χ3v) is 6.74. The zero-order valence-electron chi connectivity index (χ0n) is 16.8. The third-order valence-electron chi connectivity index (χ3n) is 5.02. The highest BCUT2D eigenvalue weighted by Crippen LogP contribution is 2.31. The zero-order valence-corrected chi connectivity index (χ0v) is 17.6. The Hall–Kier alpha value is -3.25. The number of rotatable bonds is 4. The molecular weight excluding hydrogens is 398 g/mol. The molecule has 0 spiro atoms. The van der Waals surface area contributed by atoms with E-state index in [2.05, 4.69) is 4.98 Å². The molecule has 1 aliphatic heterocycles. The van der Waals surface area contributed by atoms with Gasteiger partial charge in [-0.2, -0.15) is 0 Å². The molecule has 2 heterocycles. The SMILES string of the molecule is Cc1cc(/C=C2\CS(=O)(=O)c3ccccc3C2=O)cc(C)c1OCc1ccccn1. The quantitative estimate of drug-likeness (QED) is 0.589. The molecule has 1 aliphatic rings. The standard InChI is InChI=1S/C24H21NO4S/c1-16-11-18(12-17(2)24(16)29-14-20-7-5-6-10-25-20)13-19-15-30(27,28)22-9-4-3-8-21(22)23(19)26/h3-13H,14-15H2,1-2H3/b19-13+. The first-order valence-corrected chi connectivity index (χ1v) is 11.2. The molecule has 152 valence electrons. The van der Waals surface area contributed by atoms with Crippen LogP contribution in [0, 0.1) is 13.8 Å². The van der Waals surface area contributed by atoms with E-state index < -0.39 is 9.84 Å². The van der Waals surface area contributed by atoms with Crippen molar-refractivity contribution in [2.24, 2.45) is 0 Å². The molecule has 4 rings (SSSR count). The van der Waals surface area contributed by atoms with E-state index in [0.29, 0.717) is 6.61 Å². The van der Waals surface area contributed by atoms with Gasteiger partial charge in [0.1, 0.15) is 12.4 Å². The number of carbonyl (C=O) groups is 1. The number of pyridine rings is 1. The van der Waals surface area contributed by atoms with Crippen LogP contribution in [0.3, 0.4) is 0 Å². The van der Waals surface area contributed by atoms with Crippen LogP contribution in [0.2, 0.25) is 0 Å². The van der Waals surface area contributed by atoms with E-state index in [4.69, 9.17) is 4.74 Å². The van der Waals surface area contributed by atoms with Crippen LogP contribution < -0.4 is 4.74 Å². The highest BCUT2D eigenvalue weighted by atomic mass is 32.2. The van der Waals surface area contributed by atoms with Gasteiger partial charge in [0, 0.05) is 17.3 Å². The monoisotopic (exact) mass is 419 g/mol. The fourth-order valence-electron chi connectivity index (χ4n) is 3.68. The summed E-state index contributed by atoms with van der Waals surface area (Å²) in [6.07, 6.45) is 3.39. The summed E-state index contributed by atoms with van der Waals surface area (Å²) >= 11 is 0. The van der Waals surface area contributed by atoms with Gasteiger partial charge in [0.15, 0.2) is 15.6 Å². The molecule has 6 heteroatoms. The number of ether oxygens (including phenoxy) is 1. The summed E-state index contributed by atoms with van der Waals surface area (Å²) in [5, 5.41) is 0. The van der Waals surface area contributed by atoms with Gasteiger partial charge in [0.25, 0.3) is 0 Å². The lowest BCUT2D eigenvalue weighted by Gasteiger charge is -2.18. The van der Waals surface area contributed by atoms with Crippen molar-refractivity contribution < 1.29 is 17.9 Å². The largest absolute Gasteiger partial charge is 0.487 e. The van der Waals surface area contributed by atoms with Gasteiger partial charge >= 0.3 is 0 Å². The molecule has 0 amide bonds. The first kappa shape index (κ1) is 20.0. The predicted octanol–water partition coefficient (Wildman–Crippen LogP) is 4.33. The molecule has 0 aliphatic carbocycles. The second-order valence-corrected chi connectivity index (χ2v) is 9.31. The highest BCUT2D eigenvalue weighted by molar-refractivity contribution is 7.91. The molecule has 0 saturated carbocycles. The van der Waals surface area contributed by atoms with Crippen LogP contribution in [0.25, 0.3) is 6.08 Å². The van der Waals surface area contributed by atoms with Crippen molar-refractivity contribution in [2.45, 2.75) is 25.3 Å². The van der Waals surface area contributed by atoms with Gasteiger partial charge in [-0.15, -0.1) is 0 Å². The maximum absolute atomic E-state index is 12.8. The number of hydrogen-bond donors (Lipinski definition) is 0. The summed E-state index contributed by atoms with van der Waals surface area (Å²) in [6, 6.07) is 15.8. The molecule has 5 nitrogen and oxygen atoms in total. The number of benzene rings is 2. The highest BCUT2D eigenvalue weighted by Gasteiger charge is 2.32. The fraction of sp³-hybridized carbons (Fsp3) is 0.167. The normalized spacial score (nSPS) is 16.3. The number of hydrogen-bond acceptors (Lipinski definition) is 5. The summed E-state index contributed by atoms with van der Waals surface area (Å²) in [6.45, 7) is 4.21. The summed E-state index contributed by atoms with van der Waals surface area (Å²) in [7, 11) is -3.53. The average Bonchev–Trinajstić information content (AvgIpc) is 2.72. The topological polar surface area (TPSA) is 73.3 Å². The molecule has 0 fully saturated rings. The first-order valence-electron chi connectivity index (χ1n) is 9.56. The Balaban J connectivity index is 1.64. The second-order valence-electron chi connectivity index (χ2n) is 7.35. The van der Waals surface area contributed by atoms with Crippen molar-refractivity contribution >= 4 is 21.7 Å². The first-order chi connectivity index (χ1) is 14.3. The number of aromatic nitrogens is 1. The number of fused-ring (bicyclic) bond motifs is 1. The van der Waals surface area contributed by atoms with Crippen molar-refractivity contribution in [3.05, 3.63) is 94.3 Å². The van der Waals surface area contributed by atoms with E-state index in [1.54, 1.807) is 30.5 Å². The Morgan fingerprint density at radius 3 is 2.43 bits per heavy atom. The molecule has 0 radical (unpaired) electrons. The van der Waals surface area contributed by atoms with Crippen LogP contribution in [0.15, 0.2) is 71.3 Å². The lowest BCUT2D eigenvalue weighted by Crippen LogP contribution is -2.24. The Kier molecular flexibility index (Phi) is 5.26. The predicted molar refractivity (Wildman–Crippen MR) is 115 cm³/mol. The lowest BCUT2D eigenvalue weighted by molar-refractivity contribution is 0.103. The molecule has 0 saturated heterocycles. The third kappa shape index (κ3) is 3.91. The summed E-state index contributed by atoms with van der Waals surface area (Å²) in [4.78, 5) is 17.2. The number of carbonyl (C=O) groups excluding carboxylic acids is 1. The van der Waals surface area contributed by atoms with Crippen molar-refractivity contribution in [3.8, 4) is 5.75 Å². The minimum atomic E-state index is -3.53. The molecule has 0 atom stereocenters. The van der Waals surface area contributed by atoms with E-state index in [-0.39, 0.29) is 27.6 Å². The number of nitrogens with zero attached hydrogens (tertiary/aromatic N) is 1. The van der Waals surface area contributed by atoms with Crippen molar-refractivity contribution in [1.29, 1.82) is 0 Å². The van der Waals surface area contributed by atoms with Crippen LogP contribution >= 0.6 is 0 Å². The molecule has 30 heavy (non-hydrogen) atoms. The lowest BCUT2D eigenvalue weighted by atomic mass is 9.99. The molecule has 0 N–H and O–H groups in total. The minimum absolute atomic E-state index is 0.109. The van der Waals surface area contributed by atoms with Crippen LogP contribution in [-0.2, 0) is 16.4 Å². The number of sulfone groups is 1. The zero-order chi connectivity index (χ0) is 21.3. The Labute approximate surface area is 176 Å².